The maximum absolute atomic E-state index is 13.3. The van der Waals surface area contributed by atoms with Crippen molar-refractivity contribution >= 4 is 5.91 Å². The summed E-state index contributed by atoms with van der Waals surface area (Å²) in [6.07, 6.45) is 3.68. The maximum atomic E-state index is 13.3. The van der Waals surface area contributed by atoms with Crippen LogP contribution in [0.5, 0.6) is 17.2 Å². The molecular formula is C23H24FNO4. The Morgan fingerprint density at radius 2 is 1.86 bits per heavy atom. The number of rotatable bonds is 5. The van der Waals surface area contributed by atoms with Gasteiger partial charge in [0.25, 0.3) is 5.91 Å². The summed E-state index contributed by atoms with van der Waals surface area (Å²) in [6.45, 7) is 5.16. The minimum absolute atomic E-state index is 0.0942. The SMILES string of the molecule is C=C(C1CCC(COc2cc(O)cc(F)c2)CC1)N1Cc2ccc(O)cc2C1=O. The molecule has 2 aromatic rings. The van der Waals surface area contributed by atoms with E-state index in [1.54, 1.807) is 17.0 Å². The predicted molar refractivity (Wildman–Crippen MR) is 106 cm³/mol. The average Bonchev–Trinajstić information content (AvgIpc) is 3.02. The number of fused-ring (bicyclic) bond motifs is 1. The molecule has 1 aliphatic carbocycles. The van der Waals surface area contributed by atoms with Gasteiger partial charge in [-0.15, -0.1) is 0 Å². The van der Waals surface area contributed by atoms with Crippen LogP contribution < -0.4 is 4.74 Å². The molecule has 0 atom stereocenters. The van der Waals surface area contributed by atoms with E-state index in [0.29, 0.717) is 30.4 Å². The Balaban J connectivity index is 1.30. The van der Waals surface area contributed by atoms with Crippen molar-refractivity contribution in [1.82, 2.24) is 4.90 Å². The number of carbonyl (C=O) groups excluding carboxylic acids is 1. The molecule has 2 aliphatic rings. The van der Waals surface area contributed by atoms with Crippen molar-refractivity contribution in [2.45, 2.75) is 32.2 Å². The average molecular weight is 397 g/mol. The lowest BCUT2D eigenvalue weighted by Crippen LogP contribution is -2.30. The van der Waals surface area contributed by atoms with Gasteiger partial charge in [0.15, 0.2) is 0 Å². The zero-order chi connectivity index (χ0) is 20.5. The number of allylic oxidation sites excluding steroid dienone is 1. The van der Waals surface area contributed by atoms with Crippen LogP contribution in [-0.2, 0) is 6.54 Å². The topological polar surface area (TPSA) is 70.0 Å². The van der Waals surface area contributed by atoms with E-state index >= 15 is 0 Å². The molecule has 0 aromatic heterocycles. The number of phenols is 2. The van der Waals surface area contributed by atoms with Crippen LogP contribution in [0.4, 0.5) is 4.39 Å². The molecule has 1 amide bonds. The summed E-state index contributed by atoms with van der Waals surface area (Å²) >= 11 is 0. The van der Waals surface area contributed by atoms with Crippen molar-refractivity contribution in [3.05, 3.63) is 65.6 Å². The van der Waals surface area contributed by atoms with Crippen LogP contribution in [0.3, 0.4) is 0 Å². The summed E-state index contributed by atoms with van der Waals surface area (Å²) in [7, 11) is 0. The molecule has 1 heterocycles. The highest BCUT2D eigenvalue weighted by Crippen LogP contribution is 2.38. The Morgan fingerprint density at radius 3 is 2.59 bits per heavy atom. The number of phenolic OH excluding ortho intramolecular Hbond substituents is 2. The van der Waals surface area contributed by atoms with E-state index in [0.717, 1.165) is 43.0 Å². The summed E-state index contributed by atoms with van der Waals surface area (Å²) in [5.74, 6) is 0.227. The molecule has 0 unspecified atom stereocenters. The summed E-state index contributed by atoms with van der Waals surface area (Å²) in [4.78, 5) is 14.4. The van der Waals surface area contributed by atoms with Crippen LogP contribution in [0.1, 0.15) is 41.6 Å². The number of amides is 1. The molecule has 2 aromatic carbocycles. The van der Waals surface area contributed by atoms with Gasteiger partial charge in [0, 0.05) is 29.5 Å². The van der Waals surface area contributed by atoms with Crippen LogP contribution in [0, 0.1) is 17.7 Å². The van der Waals surface area contributed by atoms with E-state index < -0.39 is 5.82 Å². The first-order valence-electron chi connectivity index (χ1n) is 9.85. The third-order valence-corrected chi connectivity index (χ3v) is 5.90. The lowest BCUT2D eigenvalue weighted by atomic mass is 9.80. The van der Waals surface area contributed by atoms with Crippen LogP contribution in [0.2, 0.25) is 0 Å². The summed E-state index contributed by atoms with van der Waals surface area (Å²) in [6, 6.07) is 8.62. The monoisotopic (exact) mass is 397 g/mol. The van der Waals surface area contributed by atoms with E-state index in [1.165, 1.54) is 18.2 Å². The highest BCUT2D eigenvalue weighted by atomic mass is 19.1. The van der Waals surface area contributed by atoms with Crippen LogP contribution in [-0.4, -0.2) is 27.6 Å². The highest BCUT2D eigenvalue weighted by Gasteiger charge is 2.33. The molecule has 0 bridgehead atoms. The molecule has 5 nitrogen and oxygen atoms in total. The predicted octanol–water partition coefficient (Wildman–Crippen LogP) is 4.59. The first kappa shape index (κ1) is 19.3. The summed E-state index contributed by atoms with van der Waals surface area (Å²) in [5.41, 5.74) is 2.29. The van der Waals surface area contributed by atoms with Gasteiger partial charge in [-0.3, -0.25) is 4.79 Å². The maximum Gasteiger partial charge on any atom is 0.258 e. The fourth-order valence-electron chi connectivity index (χ4n) is 4.25. The van der Waals surface area contributed by atoms with E-state index in [9.17, 15) is 19.4 Å². The van der Waals surface area contributed by atoms with Gasteiger partial charge in [0.1, 0.15) is 23.1 Å². The standard InChI is InChI=1S/C23H24FNO4/c1-14(25-12-17-6-7-19(26)11-22(17)23(25)28)16-4-2-15(3-5-16)13-29-21-9-18(24)8-20(27)10-21/h6-11,15-16,26-27H,1-5,12-13H2. The molecule has 6 heteroatoms. The van der Waals surface area contributed by atoms with Crippen molar-refractivity contribution in [3.63, 3.8) is 0 Å². The third kappa shape index (κ3) is 4.06. The third-order valence-electron chi connectivity index (χ3n) is 5.90. The summed E-state index contributed by atoms with van der Waals surface area (Å²) in [5, 5.41) is 19.1. The molecule has 4 rings (SSSR count). The van der Waals surface area contributed by atoms with Gasteiger partial charge >= 0.3 is 0 Å². The number of ether oxygens (including phenoxy) is 1. The molecule has 0 radical (unpaired) electrons. The minimum Gasteiger partial charge on any atom is -0.508 e. The molecule has 152 valence electrons. The zero-order valence-electron chi connectivity index (χ0n) is 16.1. The number of hydrogen-bond acceptors (Lipinski definition) is 4. The van der Waals surface area contributed by atoms with Gasteiger partial charge in [-0.2, -0.15) is 0 Å². The first-order valence-corrected chi connectivity index (χ1v) is 9.85. The Hall–Kier alpha value is -3.02. The van der Waals surface area contributed by atoms with Crippen LogP contribution in [0.15, 0.2) is 48.7 Å². The van der Waals surface area contributed by atoms with Crippen molar-refractivity contribution in [1.29, 1.82) is 0 Å². The van der Waals surface area contributed by atoms with Crippen LogP contribution in [0.25, 0.3) is 0 Å². The fraction of sp³-hybridized carbons (Fsp3) is 0.348. The fourth-order valence-corrected chi connectivity index (χ4v) is 4.25. The highest BCUT2D eigenvalue weighted by molar-refractivity contribution is 5.99. The van der Waals surface area contributed by atoms with Gasteiger partial charge in [-0.25, -0.2) is 4.39 Å². The lowest BCUT2D eigenvalue weighted by Gasteiger charge is -2.33. The normalized spacial score (nSPS) is 21.1. The molecule has 1 aliphatic heterocycles. The number of hydrogen-bond donors (Lipinski definition) is 2. The molecule has 29 heavy (non-hydrogen) atoms. The van der Waals surface area contributed by atoms with E-state index in [1.807, 2.05) is 0 Å². The zero-order valence-corrected chi connectivity index (χ0v) is 16.1. The van der Waals surface area contributed by atoms with Gasteiger partial charge in [-0.05, 0) is 55.2 Å². The molecule has 0 spiro atoms. The Labute approximate surface area is 169 Å². The number of benzene rings is 2. The van der Waals surface area contributed by atoms with Gasteiger partial charge in [0.05, 0.1) is 13.2 Å². The second-order valence-corrected chi connectivity index (χ2v) is 7.90. The van der Waals surface area contributed by atoms with Gasteiger partial charge in [0.2, 0.25) is 0 Å². The van der Waals surface area contributed by atoms with Crippen molar-refractivity contribution < 1.29 is 24.1 Å². The van der Waals surface area contributed by atoms with Gasteiger partial charge in [-0.1, -0.05) is 12.6 Å². The Kier molecular flexibility index (Phi) is 5.18. The molecule has 2 N–H and O–H groups in total. The van der Waals surface area contributed by atoms with Crippen molar-refractivity contribution in [2.75, 3.05) is 6.61 Å². The number of nitrogens with zero attached hydrogens (tertiary/aromatic N) is 1. The number of aromatic hydroxyl groups is 2. The Bertz CT molecular complexity index is 930. The Morgan fingerprint density at radius 1 is 1.10 bits per heavy atom. The molecular weight excluding hydrogens is 373 g/mol. The molecule has 0 saturated heterocycles. The molecule has 1 saturated carbocycles. The minimum atomic E-state index is -0.524. The van der Waals surface area contributed by atoms with E-state index in [2.05, 4.69) is 6.58 Å². The number of halogens is 1. The van der Waals surface area contributed by atoms with Crippen molar-refractivity contribution in [2.24, 2.45) is 11.8 Å². The van der Waals surface area contributed by atoms with Crippen LogP contribution >= 0.6 is 0 Å². The number of carbonyl (C=O) groups is 1. The largest absolute Gasteiger partial charge is 0.508 e. The summed E-state index contributed by atoms with van der Waals surface area (Å²) < 4.78 is 19.0. The second-order valence-electron chi connectivity index (χ2n) is 7.90. The van der Waals surface area contributed by atoms with Crippen molar-refractivity contribution in [3.8, 4) is 17.2 Å². The van der Waals surface area contributed by atoms with Gasteiger partial charge < -0.3 is 19.8 Å². The van der Waals surface area contributed by atoms with E-state index in [4.69, 9.17) is 4.74 Å². The van der Waals surface area contributed by atoms with E-state index in [-0.39, 0.29) is 23.3 Å². The smallest absolute Gasteiger partial charge is 0.258 e. The first-order chi connectivity index (χ1) is 13.9. The molecule has 1 fully saturated rings. The second kappa shape index (κ2) is 7.78. The lowest BCUT2D eigenvalue weighted by molar-refractivity contribution is 0.0797. The quantitative estimate of drug-likeness (QED) is 0.774.